The third-order valence-corrected chi connectivity index (χ3v) is 11.5. The van der Waals surface area contributed by atoms with Gasteiger partial charge in [-0.05, 0) is 110 Å². The quantitative estimate of drug-likeness (QED) is 0.394. The topological polar surface area (TPSA) is 0 Å². The minimum atomic E-state index is 0.468. The Kier molecular flexibility index (Phi) is 6.31. The van der Waals surface area contributed by atoms with Crippen LogP contribution in [0.1, 0.15) is 126 Å². The molecule has 0 aromatic carbocycles. The van der Waals surface area contributed by atoms with E-state index >= 15 is 0 Å². The molecule has 0 heteroatoms. The van der Waals surface area contributed by atoms with Crippen LogP contribution in [0.2, 0.25) is 0 Å². The molecule has 0 amide bonds. The van der Waals surface area contributed by atoms with E-state index in [9.17, 15) is 0 Å². The van der Waals surface area contributed by atoms with Gasteiger partial charge in [-0.1, -0.05) is 79.4 Å². The molecular weight excluding hydrogens is 360 g/mol. The summed E-state index contributed by atoms with van der Waals surface area (Å²) in [5.41, 5.74) is 3.53. The second kappa shape index (κ2) is 8.26. The summed E-state index contributed by atoms with van der Waals surface area (Å²) < 4.78 is 0. The molecule has 0 spiro atoms. The third kappa shape index (κ3) is 3.75. The first-order valence-electron chi connectivity index (χ1n) is 13.8. The highest BCUT2D eigenvalue weighted by Gasteiger charge is 2.58. The van der Waals surface area contributed by atoms with E-state index in [0.29, 0.717) is 16.2 Å². The van der Waals surface area contributed by atoms with Crippen molar-refractivity contribution >= 4 is 0 Å². The van der Waals surface area contributed by atoms with Crippen LogP contribution in [-0.2, 0) is 0 Å². The highest BCUT2D eigenvalue weighted by Crippen LogP contribution is 2.67. The Labute approximate surface area is 189 Å². The van der Waals surface area contributed by atoms with E-state index in [4.69, 9.17) is 0 Å². The van der Waals surface area contributed by atoms with Crippen molar-refractivity contribution in [1.29, 1.82) is 0 Å². The predicted molar refractivity (Wildman–Crippen MR) is 131 cm³/mol. The highest BCUT2D eigenvalue weighted by molar-refractivity contribution is 5.24. The summed E-state index contributed by atoms with van der Waals surface area (Å²) >= 11 is 0. The van der Waals surface area contributed by atoms with E-state index in [1.807, 2.05) is 5.57 Å². The molecule has 0 aromatic heterocycles. The average Bonchev–Trinajstić information content (AvgIpc) is 3.04. The molecule has 0 radical (unpaired) electrons. The number of allylic oxidation sites excluding steroid dienone is 2. The summed E-state index contributed by atoms with van der Waals surface area (Å²) in [5.74, 6) is 5.76. The van der Waals surface area contributed by atoms with Gasteiger partial charge in [0, 0.05) is 0 Å². The Morgan fingerprint density at radius 1 is 1.00 bits per heavy atom. The maximum atomic E-state index is 2.75. The van der Waals surface area contributed by atoms with Gasteiger partial charge in [-0.2, -0.15) is 0 Å². The van der Waals surface area contributed by atoms with E-state index in [2.05, 4.69) is 54.5 Å². The lowest BCUT2D eigenvalue weighted by Crippen LogP contribution is -2.50. The lowest BCUT2D eigenvalue weighted by Gasteiger charge is -2.58. The smallest absolute Gasteiger partial charge is 0.00853 e. The minimum Gasteiger partial charge on any atom is -0.0845 e. The molecule has 0 N–H and O–H groups in total. The van der Waals surface area contributed by atoms with Gasteiger partial charge in [0.1, 0.15) is 0 Å². The summed E-state index contributed by atoms with van der Waals surface area (Å²) in [6.07, 6.45) is 20.3. The van der Waals surface area contributed by atoms with Crippen molar-refractivity contribution < 1.29 is 0 Å². The molecule has 0 aliphatic heterocycles. The lowest BCUT2D eigenvalue weighted by molar-refractivity contribution is -0.0505. The van der Waals surface area contributed by atoms with E-state index in [0.717, 1.165) is 35.5 Å². The Morgan fingerprint density at radius 3 is 2.47 bits per heavy atom. The molecule has 3 fully saturated rings. The second-order valence-corrected chi connectivity index (χ2v) is 13.7. The van der Waals surface area contributed by atoms with Crippen molar-refractivity contribution in [3.63, 3.8) is 0 Å². The SMILES string of the molecule is CCC(CCC(C)C1CCC2C3CC=C4CCCCC4(C)C3CCC12C)C(C)(C)C. The average molecular weight is 413 g/mol. The van der Waals surface area contributed by atoms with Crippen LogP contribution in [0.3, 0.4) is 0 Å². The minimum absolute atomic E-state index is 0.468. The molecule has 4 rings (SSSR count). The standard InChI is InChI=1S/C30H52/c1-8-22(28(3,4)5)13-12-21(2)25-16-17-26-24-15-14-23-11-9-10-19-29(23,6)27(24)18-20-30(25,26)7/h14,21-22,24-27H,8-13,15-20H2,1-7H3. The van der Waals surface area contributed by atoms with Crippen molar-refractivity contribution in [3.05, 3.63) is 11.6 Å². The van der Waals surface area contributed by atoms with Gasteiger partial charge in [0.2, 0.25) is 0 Å². The van der Waals surface area contributed by atoms with Gasteiger partial charge in [0.15, 0.2) is 0 Å². The number of hydrogen-bond acceptors (Lipinski definition) is 0. The Bertz CT molecular complexity index is 635. The summed E-state index contributed by atoms with van der Waals surface area (Å²) in [6, 6.07) is 0. The summed E-state index contributed by atoms with van der Waals surface area (Å²) in [4.78, 5) is 0. The third-order valence-electron chi connectivity index (χ3n) is 11.5. The van der Waals surface area contributed by atoms with Crippen LogP contribution in [0.15, 0.2) is 11.6 Å². The Morgan fingerprint density at radius 2 is 1.77 bits per heavy atom. The summed E-state index contributed by atoms with van der Waals surface area (Å²) in [6.45, 7) is 17.8. The van der Waals surface area contributed by atoms with Gasteiger partial charge in [0.25, 0.3) is 0 Å². The fourth-order valence-corrected chi connectivity index (χ4v) is 9.59. The zero-order valence-electron chi connectivity index (χ0n) is 21.5. The second-order valence-electron chi connectivity index (χ2n) is 13.7. The van der Waals surface area contributed by atoms with E-state index < -0.39 is 0 Å². The van der Waals surface area contributed by atoms with Crippen molar-refractivity contribution in [3.8, 4) is 0 Å². The van der Waals surface area contributed by atoms with Crippen LogP contribution < -0.4 is 0 Å². The molecule has 8 unspecified atom stereocenters. The number of rotatable bonds is 5. The van der Waals surface area contributed by atoms with Gasteiger partial charge < -0.3 is 0 Å². The molecule has 30 heavy (non-hydrogen) atoms. The molecule has 0 nitrogen and oxygen atoms in total. The molecule has 0 saturated heterocycles. The fraction of sp³-hybridized carbons (Fsp3) is 0.933. The molecule has 172 valence electrons. The van der Waals surface area contributed by atoms with Crippen LogP contribution in [0.4, 0.5) is 0 Å². The van der Waals surface area contributed by atoms with Gasteiger partial charge in [0.05, 0.1) is 0 Å². The van der Waals surface area contributed by atoms with Crippen molar-refractivity contribution in [1.82, 2.24) is 0 Å². The van der Waals surface area contributed by atoms with Crippen LogP contribution in [0.25, 0.3) is 0 Å². The Hall–Kier alpha value is -0.260. The highest BCUT2D eigenvalue weighted by atomic mass is 14.6. The van der Waals surface area contributed by atoms with Crippen molar-refractivity contribution in [2.45, 2.75) is 126 Å². The fourth-order valence-electron chi connectivity index (χ4n) is 9.59. The monoisotopic (exact) mass is 412 g/mol. The first kappa shape index (κ1) is 22.9. The zero-order valence-corrected chi connectivity index (χ0v) is 21.5. The molecule has 0 aromatic rings. The van der Waals surface area contributed by atoms with Gasteiger partial charge in [-0.3, -0.25) is 0 Å². The molecular formula is C30H52. The van der Waals surface area contributed by atoms with E-state index in [1.54, 1.807) is 0 Å². The van der Waals surface area contributed by atoms with E-state index in [-0.39, 0.29) is 0 Å². The molecule has 0 heterocycles. The number of fused-ring (bicyclic) bond motifs is 5. The number of hydrogen-bond donors (Lipinski definition) is 0. The molecule has 3 saturated carbocycles. The molecule has 8 atom stereocenters. The molecule has 4 aliphatic rings. The normalized spacial score (nSPS) is 43.2. The predicted octanol–water partition coefficient (Wildman–Crippen LogP) is 9.44. The lowest BCUT2D eigenvalue weighted by atomic mass is 9.47. The Balaban J connectivity index is 1.47. The molecule has 4 aliphatic carbocycles. The largest absolute Gasteiger partial charge is 0.0845 e. The first-order chi connectivity index (χ1) is 14.1. The first-order valence-corrected chi connectivity index (χ1v) is 13.8. The van der Waals surface area contributed by atoms with Crippen LogP contribution >= 0.6 is 0 Å². The van der Waals surface area contributed by atoms with Gasteiger partial charge in [-0.25, -0.2) is 0 Å². The van der Waals surface area contributed by atoms with Crippen LogP contribution in [-0.4, -0.2) is 0 Å². The van der Waals surface area contributed by atoms with Gasteiger partial charge in [-0.15, -0.1) is 0 Å². The summed E-state index contributed by atoms with van der Waals surface area (Å²) in [7, 11) is 0. The van der Waals surface area contributed by atoms with E-state index in [1.165, 1.54) is 77.0 Å². The molecule has 0 bridgehead atoms. The van der Waals surface area contributed by atoms with Crippen molar-refractivity contribution in [2.75, 3.05) is 0 Å². The van der Waals surface area contributed by atoms with Crippen LogP contribution in [0, 0.1) is 51.8 Å². The van der Waals surface area contributed by atoms with Crippen molar-refractivity contribution in [2.24, 2.45) is 51.8 Å². The zero-order chi connectivity index (χ0) is 21.7. The summed E-state index contributed by atoms with van der Waals surface area (Å²) in [5, 5.41) is 0. The van der Waals surface area contributed by atoms with Gasteiger partial charge >= 0.3 is 0 Å². The van der Waals surface area contributed by atoms with Crippen LogP contribution in [0.5, 0.6) is 0 Å². The maximum absolute atomic E-state index is 2.75. The maximum Gasteiger partial charge on any atom is -0.00853 e.